The third-order valence-corrected chi connectivity index (χ3v) is 4.20. The molecule has 0 spiro atoms. The van der Waals surface area contributed by atoms with Crippen LogP contribution in [0.4, 0.5) is 11.5 Å². The minimum atomic E-state index is 0.444. The summed E-state index contributed by atoms with van der Waals surface area (Å²) < 4.78 is 1.69. The number of anilines is 2. The van der Waals surface area contributed by atoms with Crippen molar-refractivity contribution in [2.45, 2.75) is 0 Å². The van der Waals surface area contributed by atoms with Crippen LogP contribution in [0.5, 0.6) is 0 Å². The number of hydrogen-bond acceptors (Lipinski definition) is 7. The van der Waals surface area contributed by atoms with Crippen LogP contribution in [-0.4, -0.2) is 51.1 Å². The maximum absolute atomic E-state index is 8.98. The first kappa shape index (κ1) is 15.1. The smallest absolute Gasteiger partial charge is 0.175 e. The van der Waals surface area contributed by atoms with Crippen LogP contribution < -0.4 is 9.80 Å². The van der Waals surface area contributed by atoms with Gasteiger partial charge in [-0.15, -0.1) is 10.2 Å². The molecule has 8 heteroatoms. The average molecular weight is 332 g/mol. The fraction of sp³-hybridized carbons (Fsp3) is 0.235. The van der Waals surface area contributed by atoms with Gasteiger partial charge in [0.2, 0.25) is 0 Å². The van der Waals surface area contributed by atoms with Crippen molar-refractivity contribution in [1.82, 2.24) is 25.0 Å². The predicted octanol–water partition coefficient (Wildman–Crippen LogP) is 1.26. The predicted molar refractivity (Wildman–Crippen MR) is 92.5 cm³/mol. The molecule has 0 bridgehead atoms. The lowest BCUT2D eigenvalue weighted by molar-refractivity contribution is 0.642. The Kier molecular flexibility index (Phi) is 3.96. The Bertz CT molecular complexity index is 874. The summed E-state index contributed by atoms with van der Waals surface area (Å²) >= 11 is 0. The Morgan fingerprint density at radius 3 is 2.36 bits per heavy atom. The third-order valence-electron chi connectivity index (χ3n) is 4.20. The van der Waals surface area contributed by atoms with Gasteiger partial charge in [0.15, 0.2) is 11.6 Å². The summed E-state index contributed by atoms with van der Waals surface area (Å²) in [7, 11) is 0. The minimum Gasteiger partial charge on any atom is -0.368 e. The largest absolute Gasteiger partial charge is 0.368 e. The topological polar surface area (TPSA) is 86.8 Å². The van der Waals surface area contributed by atoms with Crippen LogP contribution in [0.15, 0.2) is 48.9 Å². The first-order chi connectivity index (χ1) is 12.3. The molecule has 0 amide bonds. The third kappa shape index (κ3) is 3.12. The molecule has 3 aromatic heterocycles. The molecule has 1 aliphatic heterocycles. The molecule has 8 nitrogen and oxygen atoms in total. The molecule has 0 aromatic carbocycles. The Labute approximate surface area is 145 Å². The summed E-state index contributed by atoms with van der Waals surface area (Å²) in [6.07, 6.45) is 5.23. The lowest BCUT2D eigenvalue weighted by Gasteiger charge is -2.36. The summed E-state index contributed by atoms with van der Waals surface area (Å²) in [5.41, 5.74) is 1.48. The molecule has 0 saturated carbocycles. The van der Waals surface area contributed by atoms with Crippen molar-refractivity contribution in [3.63, 3.8) is 0 Å². The molecule has 0 radical (unpaired) electrons. The van der Waals surface area contributed by atoms with E-state index in [2.05, 4.69) is 36.1 Å². The Morgan fingerprint density at radius 1 is 0.920 bits per heavy atom. The van der Waals surface area contributed by atoms with Crippen molar-refractivity contribution in [3.05, 3.63) is 54.6 Å². The molecule has 0 unspecified atom stereocenters. The summed E-state index contributed by atoms with van der Waals surface area (Å²) in [6, 6.07) is 11.6. The lowest BCUT2D eigenvalue weighted by Crippen LogP contribution is -2.47. The van der Waals surface area contributed by atoms with Crippen LogP contribution in [0.2, 0.25) is 0 Å². The maximum atomic E-state index is 8.98. The van der Waals surface area contributed by atoms with Gasteiger partial charge in [-0.3, -0.25) is 0 Å². The van der Waals surface area contributed by atoms with Gasteiger partial charge in [0.1, 0.15) is 11.8 Å². The summed E-state index contributed by atoms with van der Waals surface area (Å²) in [5.74, 6) is 1.57. The minimum absolute atomic E-state index is 0.444. The monoisotopic (exact) mass is 332 g/mol. The van der Waals surface area contributed by atoms with Crippen LogP contribution >= 0.6 is 0 Å². The normalized spacial score (nSPS) is 14.4. The molecule has 4 rings (SSSR count). The van der Waals surface area contributed by atoms with Gasteiger partial charge in [-0.05, 0) is 30.3 Å². The van der Waals surface area contributed by atoms with Gasteiger partial charge < -0.3 is 9.80 Å². The van der Waals surface area contributed by atoms with Crippen molar-refractivity contribution in [1.29, 1.82) is 5.26 Å². The number of nitriles is 1. The fourth-order valence-electron chi connectivity index (χ4n) is 2.88. The van der Waals surface area contributed by atoms with Gasteiger partial charge in [0.25, 0.3) is 0 Å². The molecule has 1 fully saturated rings. The Hall–Kier alpha value is -3.47. The molecule has 3 aromatic rings. The van der Waals surface area contributed by atoms with Gasteiger partial charge in [0.05, 0.1) is 0 Å². The van der Waals surface area contributed by atoms with Crippen LogP contribution in [0.1, 0.15) is 5.69 Å². The highest BCUT2D eigenvalue weighted by Gasteiger charge is 2.19. The number of hydrogen-bond donors (Lipinski definition) is 0. The molecule has 1 aliphatic rings. The van der Waals surface area contributed by atoms with E-state index in [1.54, 1.807) is 17.1 Å². The zero-order chi connectivity index (χ0) is 17.1. The molecule has 124 valence electrons. The quantitative estimate of drug-likeness (QED) is 0.713. The van der Waals surface area contributed by atoms with E-state index in [4.69, 9.17) is 5.26 Å². The van der Waals surface area contributed by atoms with Crippen molar-refractivity contribution in [3.8, 4) is 11.9 Å². The highest BCUT2D eigenvalue weighted by atomic mass is 15.4. The second-order valence-corrected chi connectivity index (χ2v) is 5.69. The van der Waals surface area contributed by atoms with Gasteiger partial charge in [-0.25, -0.2) is 9.67 Å². The molecular formula is C17H16N8. The van der Waals surface area contributed by atoms with E-state index >= 15 is 0 Å². The van der Waals surface area contributed by atoms with Gasteiger partial charge in [-0.1, -0.05) is 0 Å². The Morgan fingerprint density at radius 2 is 1.68 bits per heavy atom. The summed E-state index contributed by atoms with van der Waals surface area (Å²) in [5, 5.41) is 21.7. The highest BCUT2D eigenvalue weighted by molar-refractivity contribution is 5.51. The first-order valence-electron chi connectivity index (χ1n) is 8.03. The average Bonchev–Trinajstić information content (AvgIpc) is 3.23. The second kappa shape index (κ2) is 6.57. The number of aromatic nitrogens is 5. The lowest BCUT2D eigenvalue weighted by atomic mass is 10.2. The number of rotatable bonds is 3. The molecule has 1 saturated heterocycles. The number of piperazine rings is 1. The fourth-order valence-corrected chi connectivity index (χ4v) is 2.88. The van der Waals surface area contributed by atoms with Crippen LogP contribution in [0.3, 0.4) is 0 Å². The standard InChI is InChI=1S/C17H16N8/c18-13-14-12-15(4-6-19-14)23-8-10-24(11-9-23)16-2-3-17(22-21-16)25-7-1-5-20-25/h1-7,12H,8-11H2. The van der Waals surface area contributed by atoms with Crippen LogP contribution in [0.25, 0.3) is 5.82 Å². The molecule has 0 aliphatic carbocycles. The van der Waals surface area contributed by atoms with Gasteiger partial charge in [0, 0.05) is 50.5 Å². The van der Waals surface area contributed by atoms with E-state index in [-0.39, 0.29) is 0 Å². The first-order valence-corrected chi connectivity index (χ1v) is 8.03. The zero-order valence-corrected chi connectivity index (χ0v) is 13.5. The van der Waals surface area contributed by atoms with E-state index in [1.807, 2.05) is 36.5 Å². The number of nitrogens with zero attached hydrogens (tertiary/aromatic N) is 8. The molecule has 0 atom stereocenters. The maximum Gasteiger partial charge on any atom is 0.175 e. The molecule has 0 N–H and O–H groups in total. The summed E-state index contributed by atoms with van der Waals surface area (Å²) in [6.45, 7) is 3.41. The highest BCUT2D eigenvalue weighted by Crippen LogP contribution is 2.19. The van der Waals surface area contributed by atoms with Crippen molar-refractivity contribution in [2.75, 3.05) is 36.0 Å². The van der Waals surface area contributed by atoms with E-state index < -0.39 is 0 Å². The second-order valence-electron chi connectivity index (χ2n) is 5.69. The number of pyridine rings is 1. The van der Waals surface area contributed by atoms with Crippen LogP contribution in [-0.2, 0) is 0 Å². The SMILES string of the molecule is N#Cc1cc(N2CCN(c3ccc(-n4cccn4)nn3)CC2)ccn1. The van der Waals surface area contributed by atoms with Crippen LogP contribution in [0, 0.1) is 11.3 Å². The van der Waals surface area contributed by atoms with Crippen molar-refractivity contribution in [2.24, 2.45) is 0 Å². The van der Waals surface area contributed by atoms with Gasteiger partial charge in [-0.2, -0.15) is 10.4 Å². The van der Waals surface area contributed by atoms with E-state index in [1.165, 1.54) is 0 Å². The Balaban J connectivity index is 1.42. The van der Waals surface area contributed by atoms with E-state index in [0.29, 0.717) is 11.5 Å². The molecule has 4 heterocycles. The van der Waals surface area contributed by atoms with E-state index in [0.717, 1.165) is 37.7 Å². The zero-order valence-electron chi connectivity index (χ0n) is 13.5. The molecular weight excluding hydrogens is 316 g/mol. The van der Waals surface area contributed by atoms with Crippen molar-refractivity contribution >= 4 is 11.5 Å². The van der Waals surface area contributed by atoms with Crippen molar-refractivity contribution < 1.29 is 0 Å². The van der Waals surface area contributed by atoms with Gasteiger partial charge >= 0.3 is 0 Å². The summed E-state index contributed by atoms with van der Waals surface area (Å²) in [4.78, 5) is 8.49. The van der Waals surface area contributed by atoms with E-state index in [9.17, 15) is 0 Å². The molecule has 25 heavy (non-hydrogen) atoms.